The second-order valence-corrected chi connectivity index (χ2v) is 9.22. The maximum absolute atomic E-state index is 13.0. The molecule has 0 aliphatic rings. The zero-order valence-corrected chi connectivity index (χ0v) is 20.4. The second-order valence-electron chi connectivity index (χ2n) is 7.39. The zero-order valence-electron chi connectivity index (χ0n) is 18.1. The number of likely N-dealkylation sites (N-methyl/N-ethyl adjacent to an activating group) is 1. The Morgan fingerprint density at radius 1 is 1.12 bits per heavy atom. The third-order valence-electron chi connectivity index (χ3n) is 5.16. The molecule has 3 aromatic rings. The Kier molecular flexibility index (Phi) is 8.32. The second kappa shape index (κ2) is 11.0. The van der Waals surface area contributed by atoms with E-state index in [0.717, 1.165) is 20.9 Å². The maximum atomic E-state index is 13.0. The molecule has 2 atom stereocenters. The molecule has 0 saturated heterocycles. The maximum Gasteiger partial charge on any atom is 0.341 e. The fraction of sp³-hybridized carbons (Fsp3) is 0.250. The van der Waals surface area contributed by atoms with E-state index in [2.05, 4.69) is 5.32 Å². The molecule has 1 amide bonds. The number of ether oxygens (including phenoxy) is 1. The molecule has 0 bridgehead atoms. The van der Waals surface area contributed by atoms with Crippen LogP contribution in [0.15, 0.2) is 54.6 Å². The van der Waals surface area contributed by atoms with Gasteiger partial charge in [-0.25, -0.2) is 4.79 Å². The number of amides is 1. The van der Waals surface area contributed by atoms with Crippen LogP contribution in [0.2, 0.25) is 10.0 Å². The van der Waals surface area contributed by atoms with E-state index in [4.69, 9.17) is 27.9 Å². The van der Waals surface area contributed by atoms with Gasteiger partial charge in [-0.2, -0.15) is 0 Å². The summed E-state index contributed by atoms with van der Waals surface area (Å²) in [7, 11) is 1.91. The predicted octanol–water partition coefficient (Wildman–Crippen LogP) is 4.94. The minimum Gasteiger partial charge on any atom is -0.462 e. The summed E-state index contributed by atoms with van der Waals surface area (Å²) >= 11 is 13.8. The minimum atomic E-state index is -0.458. The molecule has 0 saturated carbocycles. The van der Waals surface area contributed by atoms with Gasteiger partial charge in [0, 0.05) is 10.4 Å². The number of esters is 1. The first-order valence-electron chi connectivity index (χ1n) is 10.2. The van der Waals surface area contributed by atoms with Crippen molar-refractivity contribution in [1.82, 2.24) is 0 Å². The van der Waals surface area contributed by atoms with Crippen molar-refractivity contribution in [3.8, 4) is 10.4 Å². The first-order valence-corrected chi connectivity index (χ1v) is 11.8. The van der Waals surface area contributed by atoms with E-state index in [0.29, 0.717) is 27.2 Å². The first kappa shape index (κ1) is 24.3. The van der Waals surface area contributed by atoms with Crippen LogP contribution >= 0.6 is 34.5 Å². The van der Waals surface area contributed by atoms with Gasteiger partial charge in [0.2, 0.25) is 0 Å². The van der Waals surface area contributed by atoms with Crippen LogP contribution in [0.5, 0.6) is 0 Å². The molecule has 0 fully saturated rings. The standard InChI is InChI=1S/C24H24Cl2N2O3S/c1-4-31-24(30)18-13-20(16-9-6-5-7-10-16)32-23(18)27-22(29)15(2)28(3)14-17-11-8-12-19(25)21(17)26/h5-13,15H,4,14H2,1-3H3,(H,27,29)/p+1/t15-/m0/s1. The van der Waals surface area contributed by atoms with Crippen LogP contribution < -0.4 is 10.2 Å². The lowest BCUT2D eigenvalue weighted by atomic mass is 10.1. The molecule has 2 N–H and O–H groups in total. The van der Waals surface area contributed by atoms with Crippen LogP contribution in [0.3, 0.4) is 0 Å². The molecular formula is C24H25Cl2N2O3S+. The number of nitrogens with one attached hydrogen (secondary N) is 2. The molecule has 1 heterocycles. The number of thiophene rings is 1. The number of carbonyl (C=O) groups excluding carboxylic acids is 2. The van der Waals surface area contributed by atoms with Gasteiger partial charge in [0.05, 0.1) is 29.3 Å². The fourth-order valence-electron chi connectivity index (χ4n) is 3.17. The smallest absolute Gasteiger partial charge is 0.341 e. The number of quaternary nitrogens is 1. The Morgan fingerprint density at radius 2 is 1.84 bits per heavy atom. The summed E-state index contributed by atoms with van der Waals surface area (Å²) < 4.78 is 5.19. The van der Waals surface area contributed by atoms with Crippen molar-refractivity contribution in [2.75, 3.05) is 19.0 Å². The summed E-state index contributed by atoms with van der Waals surface area (Å²) in [5.74, 6) is -0.659. The summed E-state index contributed by atoms with van der Waals surface area (Å²) in [6.07, 6.45) is 0. The molecule has 8 heteroatoms. The van der Waals surface area contributed by atoms with E-state index in [1.165, 1.54) is 11.3 Å². The molecule has 0 aliphatic carbocycles. The summed E-state index contributed by atoms with van der Waals surface area (Å²) in [6, 6.07) is 16.5. The van der Waals surface area contributed by atoms with Gasteiger partial charge < -0.3 is 15.0 Å². The highest BCUT2D eigenvalue weighted by Crippen LogP contribution is 2.36. The molecule has 3 rings (SSSR count). The topological polar surface area (TPSA) is 59.8 Å². The average Bonchev–Trinajstić information content (AvgIpc) is 3.21. The lowest BCUT2D eigenvalue weighted by molar-refractivity contribution is -0.907. The number of benzene rings is 2. The third kappa shape index (κ3) is 5.70. The Morgan fingerprint density at radius 3 is 2.53 bits per heavy atom. The van der Waals surface area contributed by atoms with Crippen molar-refractivity contribution in [3.05, 3.63) is 75.8 Å². The quantitative estimate of drug-likeness (QED) is 0.438. The number of hydrogen-bond acceptors (Lipinski definition) is 4. The van der Waals surface area contributed by atoms with Crippen molar-refractivity contribution in [2.24, 2.45) is 0 Å². The molecule has 1 aromatic heterocycles. The van der Waals surface area contributed by atoms with Gasteiger partial charge in [-0.3, -0.25) is 4.79 Å². The highest BCUT2D eigenvalue weighted by atomic mass is 35.5. The summed E-state index contributed by atoms with van der Waals surface area (Å²) in [4.78, 5) is 27.4. The number of anilines is 1. The van der Waals surface area contributed by atoms with E-state index in [9.17, 15) is 9.59 Å². The summed E-state index contributed by atoms with van der Waals surface area (Å²) in [5, 5.41) is 4.39. The van der Waals surface area contributed by atoms with Crippen molar-refractivity contribution in [1.29, 1.82) is 0 Å². The molecule has 32 heavy (non-hydrogen) atoms. The van der Waals surface area contributed by atoms with E-state index in [-0.39, 0.29) is 12.5 Å². The molecule has 0 spiro atoms. The molecule has 2 aromatic carbocycles. The van der Waals surface area contributed by atoms with E-state index in [1.807, 2.05) is 56.4 Å². The molecule has 1 unspecified atom stereocenters. The monoisotopic (exact) mass is 491 g/mol. The molecule has 0 aliphatic heterocycles. The van der Waals surface area contributed by atoms with Gasteiger partial charge in [0.1, 0.15) is 11.5 Å². The number of halogens is 2. The van der Waals surface area contributed by atoms with Gasteiger partial charge in [-0.1, -0.05) is 65.7 Å². The molecular weight excluding hydrogens is 467 g/mol. The third-order valence-corrected chi connectivity index (χ3v) is 7.11. The molecule has 168 valence electrons. The van der Waals surface area contributed by atoms with Crippen LogP contribution in [-0.4, -0.2) is 31.6 Å². The lowest BCUT2D eigenvalue weighted by Gasteiger charge is -2.21. The van der Waals surface area contributed by atoms with Gasteiger partial charge in [-0.05, 0) is 31.5 Å². The van der Waals surface area contributed by atoms with E-state index < -0.39 is 12.0 Å². The molecule has 0 radical (unpaired) electrons. The van der Waals surface area contributed by atoms with Crippen LogP contribution in [-0.2, 0) is 16.1 Å². The van der Waals surface area contributed by atoms with E-state index >= 15 is 0 Å². The Labute approximate surface area is 201 Å². The lowest BCUT2D eigenvalue weighted by Crippen LogP contribution is -3.12. The van der Waals surface area contributed by atoms with E-state index in [1.54, 1.807) is 19.1 Å². The summed E-state index contributed by atoms with van der Waals surface area (Å²) in [6.45, 7) is 4.37. The van der Waals surface area contributed by atoms with Gasteiger partial charge in [0.15, 0.2) is 6.04 Å². The van der Waals surface area contributed by atoms with Gasteiger partial charge in [0.25, 0.3) is 5.91 Å². The van der Waals surface area contributed by atoms with Gasteiger partial charge in [-0.15, -0.1) is 11.3 Å². The first-order chi connectivity index (χ1) is 15.3. The Balaban J connectivity index is 1.80. The van der Waals surface area contributed by atoms with Crippen molar-refractivity contribution in [2.45, 2.75) is 26.4 Å². The Hall–Kier alpha value is -2.38. The van der Waals surface area contributed by atoms with Crippen molar-refractivity contribution in [3.63, 3.8) is 0 Å². The highest BCUT2D eigenvalue weighted by molar-refractivity contribution is 7.20. The Bertz CT molecular complexity index is 1100. The zero-order chi connectivity index (χ0) is 23.3. The number of hydrogen-bond donors (Lipinski definition) is 2. The number of rotatable bonds is 8. The van der Waals surface area contributed by atoms with Crippen LogP contribution in [0.25, 0.3) is 10.4 Å². The average molecular weight is 492 g/mol. The van der Waals surface area contributed by atoms with Crippen molar-refractivity contribution >= 4 is 51.4 Å². The minimum absolute atomic E-state index is 0.201. The number of carbonyl (C=O) groups is 2. The van der Waals surface area contributed by atoms with Crippen LogP contribution in [0, 0.1) is 0 Å². The predicted molar refractivity (Wildman–Crippen MR) is 131 cm³/mol. The summed E-state index contributed by atoms with van der Waals surface area (Å²) in [5.41, 5.74) is 2.19. The SMILES string of the molecule is CCOC(=O)c1cc(-c2ccccc2)sc1NC(=O)[C@H](C)[NH+](C)Cc1cccc(Cl)c1Cl. The molecule has 5 nitrogen and oxygen atoms in total. The van der Waals surface area contributed by atoms with Crippen LogP contribution in [0.1, 0.15) is 29.8 Å². The fourth-order valence-corrected chi connectivity index (χ4v) is 4.61. The highest BCUT2D eigenvalue weighted by Gasteiger charge is 2.26. The normalized spacial score (nSPS) is 12.8. The van der Waals surface area contributed by atoms with Crippen LogP contribution in [0.4, 0.5) is 5.00 Å². The van der Waals surface area contributed by atoms with Crippen molar-refractivity contribution < 1.29 is 19.2 Å². The largest absolute Gasteiger partial charge is 0.462 e. The van der Waals surface area contributed by atoms with Gasteiger partial charge >= 0.3 is 5.97 Å².